The van der Waals surface area contributed by atoms with Crippen molar-refractivity contribution < 1.29 is 0 Å². The standard InChI is InChI=1S/C11H18N2/c1-9(2)8-13-11(6-7-12-13)10-4-3-5-10/h6-7,9-10H,3-5,8H2,1-2H3. The molecule has 1 aliphatic carbocycles. The lowest BCUT2D eigenvalue weighted by Gasteiger charge is -2.26. The molecule has 1 aromatic rings. The van der Waals surface area contributed by atoms with Crippen LogP contribution in [0.3, 0.4) is 0 Å². The van der Waals surface area contributed by atoms with Gasteiger partial charge in [0.05, 0.1) is 0 Å². The summed E-state index contributed by atoms with van der Waals surface area (Å²) in [7, 11) is 0. The zero-order chi connectivity index (χ0) is 9.26. The van der Waals surface area contributed by atoms with E-state index in [-0.39, 0.29) is 0 Å². The van der Waals surface area contributed by atoms with E-state index in [0.29, 0.717) is 5.92 Å². The van der Waals surface area contributed by atoms with Gasteiger partial charge in [0.25, 0.3) is 0 Å². The van der Waals surface area contributed by atoms with Crippen LogP contribution in [0.15, 0.2) is 12.3 Å². The van der Waals surface area contributed by atoms with Crippen LogP contribution in [0.2, 0.25) is 0 Å². The van der Waals surface area contributed by atoms with Gasteiger partial charge in [0.1, 0.15) is 0 Å². The molecule has 0 unspecified atom stereocenters. The van der Waals surface area contributed by atoms with E-state index in [9.17, 15) is 0 Å². The third-order valence-electron chi connectivity index (χ3n) is 2.81. The summed E-state index contributed by atoms with van der Waals surface area (Å²) in [5.41, 5.74) is 1.46. The van der Waals surface area contributed by atoms with Gasteiger partial charge in [0.2, 0.25) is 0 Å². The molecule has 0 amide bonds. The molecule has 0 atom stereocenters. The lowest BCUT2D eigenvalue weighted by molar-refractivity contribution is 0.372. The third kappa shape index (κ3) is 1.77. The Morgan fingerprint density at radius 1 is 1.54 bits per heavy atom. The summed E-state index contributed by atoms with van der Waals surface area (Å²) < 4.78 is 2.19. The highest BCUT2D eigenvalue weighted by Crippen LogP contribution is 2.36. The van der Waals surface area contributed by atoms with Gasteiger partial charge in [-0.3, -0.25) is 4.68 Å². The Bertz CT molecular complexity index is 271. The molecule has 2 rings (SSSR count). The highest BCUT2D eigenvalue weighted by atomic mass is 15.3. The van der Waals surface area contributed by atoms with Crippen LogP contribution >= 0.6 is 0 Å². The first-order valence-corrected chi connectivity index (χ1v) is 5.29. The Hall–Kier alpha value is -0.790. The maximum atomic E-state index is 4.38. The highest BCUT2D eigenvalue weighted by Gasteiger charge is 2.22. The Morgan fingerprint density at radius 2 is 2.31 bits per heavy atom. The highest BCUT2D eigenvalue weighted by molar-refractivity contribution is 5.10. The van der Waals surface area contributed by atoms with E-state index in [2.05, 4.69) is 29.7 Å². The second kappa shape index (κ2) is 3.52. The number of hydrogen-bond acceptors (Lipinski definition) is 1. The van der Waals surface area contributed by atoms with Gasteiger partial charge in [-0.15, -0.1) is 0 Å². The average molecular weight is 178 g/mol. The van der Waals surface area contributed by atoms with Crippen molar-refractivity contribution >= 4 is 0 Å². The van der Waals surface area contributed by atoms with Crippen molar-refractivity contribution in [3.63, 3.8) is 0 Å². The SMILES string of the molecule is CC(C)Cn1nccc1C1CCC1. The van der Waals surface area contributed by atoms with Gasteiger partial charge >= 0.3 is 0 Å². The van der Waals surface area contributed by atoms with Gasteiger partial charge in [0.15, 0.2) is 0 Å². The Kier molecular flexibility index (Phi) is 2.38. The van der Waals surface area contributed by atoms with Crippen LogP contribution in [0.25, 0.3) is 0 Å². The van der Waals surface area contributed by atoms with Crippen molar-refractivity contribution in [1.29, 1.82) is 0 Å². The molecule has 0 radical (unpaired) electrons. The maximum absolute atomic E-state index is 4.38. The summed E-state index contributed by atoms with van der Waals surface area (Å²) in [6, 6.07) is 2.19. The molecule has 0 aromatic carbocycles. The first-order valence-electron chi connectivity index (χ1n) is 5.29. The molecule has 1 aromatic heterocycles. The second-order valence-electron chi connectivity index (χ2n) is 4.46. The zero-order valence-electron chi connectivity index (χ0n) is 8.53. The molecule has 2 heteroatoms. The molecule has 1 saturated carbocycles. The van der Waals surface area contributed by atoms with Crippen LogP contribution < -0.4 is 0 Å². The topological polar surface area (TPSA) is 17.8 Å². The monoisotopic (exact) mass is 178 g/mol. The molecule has 1 heterocycles. The van der Waals surface area contributed by atoms with E-state index in [1.54, 1.807) is 0 Å². The molecule has 0 saturated heterocycles. The first kappa shape index (κ1) is 8.79. The molecule has 0 spiro atoms. The lowest BCUT2D eigenvalue weighted by Crippen LogP contribution is -2.17. The maximum Gasteiger partial charge on any atom is 0.0492 e. The number of rotatable bonds is 3. The average Bonchev–Trinajstić information content (AvgIpc) is 2.32. The Morgan fingerprint density at radius 3 is 2.85 bits per heavy atom. The Labute approximate surface area is 80.0 Å². The van der Waals surface area contributed by atoms with Crippen molar-refractivity contribution in [2.45, 2.75) is 45.6 Å². The molecule has 0 aliphatic heterocycles. The summed E-state index contributed by atoms with van der Waals surface area (Å²) in [5.74, 6) is 1.50. The fraction of sp³-hybridized carbons (Fsp3) is 0.727. The minimum Gasteiger partial charge on any atom is -0.269 e. The van der Waals surface area contributed by atoms with Crippen LogP contribution in [0.4, 0.5) is 0 Å². The van der Waals surface area contributed by atoms with Gasteiger partial charge in [0, 0.05) is 24.4 Å². The normalized spacial score (nSPS) is 17.8. The first-order chi connectivity index (χ1) is 6.27. The second-order valence-corrected chi connectivity index (χ2v) is 4.46. The van der Waals surface area contributed by atoms with Crippen LogP contribution in [-0.4, -0.2) is 9.78 Å². The van der Waals surface area contributed by atoms with Crippen LogP contribution in [-0.2, 0) is 6.54 Å². The van der Waals surface area contributed by atoms with Crippen LogP contribution in [0.5, 0.6) is 0 Å². The number of nitrogens with zero attached hydrogens (tertiary/aromatic N) is 2. The minimum atomic E-state index is 0.693. The summed E-state index contributed by atoms with van der Waals surface area (Å²) in [5, 5.41) is 4.38. The quantitative estimate of drug-likeness (QED) is 0.696. The van der Waals surface area contributed by atoms with Gasteiger partial charge in [-0.2, -0.15) is 5.10 Å². The summed E-state index contributed by atoms with van der Waals surface area (Å²) in [6.07, 6.45) is 6.07. The van der Waals surface area contributed by atoms with Gasteiger partial charge in [-0.1, -0.05) is 20.3 Å². The van der Waals surface area contributed by atoms with Gasteiger partial charge in [-0.25, -0.2) is 0 Å². The van der Waals surface area contributed by atoms with Crippen molar-refractivity contribution in [1.82, 2.24) is 9.78 Å². The summed E-state index contributed by atoms with van der Waals surface area (Å²) in [4.78, 5) is 0. The van der Waals surface area contributed by atoms with Crippen molar-refractivity contribution in [2.24, 2.45) is 5.92 Å². The molecule has 1 fully saturated rings. The fourth-order valence-electron chi connectivity index (χ4n) is 1.89. The molecular weight excluding hydrogens is 160 g/mol. The van der Waals surface area contributed by atoms with E-state index >= 15 is 0 Å². The predicted octanol–water partition coefficient (Wildman–Crippen LogP) is 2.81. The number of aromatic nitrogens is 2. The zero-order valence-corrected chi connectivity index (χ0v) is 8.53. The molecular formula is C11H18N2. The van der Waals surface area contributed by atoms with Crippen LogP contribution in [0, 0.1) is 5.92 Å². The van der Waals surface area contributed by atoms with E-state index < -0.39 is 0 Å². The fourth-order valence-corrected chi connectivity index (χ4v) is 1.89. The Balaban J connectivity index is 2.10. The predicted molar refractivity (Wildman–Crippen MR) is 53.7 cm³/mol. The smallest absolute Gasteiger partial charge is 0.0492 e. The van der Waals surface area contributed by atoms with Gasteiger partial charge < -0.3 is 0 Å². The van der Waals surface area contributed by atoms with Crippen molar-refractivity contribution in [2.75, 3.05) is 0 Å². The largest absolute Gasteiger partial charge is 0.269 e. The van der Waals surface area contributed by atoms with E-state index in [4.69, 9.17) is 0 Å². The van der Waals surface area contributed by atoms with E-state index in [1.807, 2.05) is 6.20 Å². The minimum absolute atomic E-state index is 0.693. The van der Waals surface area contributed by atoms with E-state index in [0.717, 1.165) is 12.5 Å². The lowest BCUT2D eigenvalue weighted by atomic mass is 9.83. The van der Waals surface area contributed by atoms with Crippen molar-refractivity contribution in [3.8, 4) is 0 Å². The number of hydrogen-bond donors (Lipinski definition) is 0. The molecule has 1 aliphatic rings. The van der Waals surface area contributed by atoms with E-state index in [1.165, 1.54) is 25.0 Å². The molecule has 13 heavy (non-hydrogen) atoms. The molecule has 0 bridgehead atoms. The molecule has 2 nitrogen and oxygen atoms in total. The summed E-state index contributed by atoms with van der Waals surface area (Å²) >= 11 is 0. The summed E-state index contributed by atoms with van der Waals surface area (Å²) in [6.45, 7) is 5.55. The van der Waals surface area contributed by atoms with Crippen molar-refractivity contribution in [3.05, 3.63) is 18.0 Å². The van der Waals surface area contributed by atoms with Gasteiger partial charge in [-0.05, 0) is 24.8 Å². The molecule has 0 N–H and O–H groups in total. The van der Waals surface area contributed by atoms with Crippen LogP contribution in [0.1, 0.15) is 44.7 Å². The third-order valence-corrected chi connectivity index (χ3v) is 2.81. The molecule has 72 valence electrons.